The first kappa shape index (κ1) is 14.1. The monoisotopic (exact) mass is 365 g/mol. The fourth-order valence-electron chi connectivity index (χ4n) is 2.46. The van der Waals surface area contributed by atoms with E-state index in [0.29, 0.717) is 0 Å². The van der Waals surface area contributed by atoms with Gasteiger partial charge in [0.05, 0.1) is 6.04 Å². The van der Waals surface area contributed by atoms with E-state index in [1.54, 1.807) is 11.3 Å². The summed E-state index contributed by atoms with van der Waals surface area (Å²) in [6.45, 7) is 0. The van der Waals surface area contributed by atoms with Crippen molar-refractivity contribution < 1.29 is 0 Å². The van der Waals surface area contributed by atoms with E-state index >= 15 is 0 Å². The van der Waals surface area contributed by atoms with Crippen molar-refractivity contribution in [2.24, 2.45) is 0 Å². The van der Waals surface area contributed by atoms with E-state index in [4.69, 9.17) is 11.6 Å². The maximum Gasteiger partial charge on any atom is 0.0600 e. The van der Waals surface area contributed by atoms with Crippen LogP contribution in [0.1, 0.15) is 17.2 Å². The molecule has 1 N–H and O–H groups in total. The molecule has 0 amide bonds. The molecular weight excluding hydrogens is 354 g/mol. The highest BCUT2D eigenvalue weighted by molar-refractivity contribution is 9.10. The number of thiophene rings is 1. The van der Waals surface area contributed by atoms with E-state index in [9.17, 15) is 0 Å². The molecule has 0 aliphatic carbocycles. The summed E-state index contributed by atoms with van der Waals surface area (Å²) < 4.78 is 2.38. The molecule has 0 aliphatic heterocycles. The van der Waals surface area contributed by atoms with Gasteiger partial charge in [-0.15, -0.1) is 11.3 Å². The van der Waals surface area contributed by atoms with Crippen LogP contribution in [0.25, 0.3) is 10.1 Å². The Bertz CT molecular complexity index is 753. The first-order valence-corrected chi connectivity index (χ1v) is 8.34. The van der Waals surface area contributed by atoms with Crippen LogP contribution in [0.4, 0.5) is 0 Å². The van der Waals surface area contributed by atoms with E-state index in [0.717, 1.165) is 15.1 Å². The Morgan fingerprint density at radius 1 is 1.15 bits per heavy atom. The van der Waals surface area contributed by atoms with Crippen molar-refractivity contribution in [3.05, 3.63) is 68.5 Å². The third kappa shape index (κ3) is 2.51. The maximum absolute atomic E-state index is 6.16. The summed E-state index contributed by atoms with van der Waals surface area (Å²) in [5, 5.41) is 7.57. The number of fused-ring (bicyclic) bond motifs is 1. The average molecular weight is 367 g/mol. The maximum atomic E-state index is 6.16. The summed E-state index contributed by atoms with van der Waals surface area (Å²) in [7, 11) is 1.98. The fraction of sp³-hybridized carbons (Fsp3) is 0.125. The predicted molar refractivity (Wildman–Crippen MR) is 91.9 cm³/mol. The average Bonchev–Trinajstić information content (AvgIpc) is 2.92. The fourth-order valence-corrected chi connectivity index (χ4v) is 4.06. The van der Waals surface area contributed by atoms with Gasteiger partial charge >= 0.3 is 0 Å². The number of rotatable bonds is 3. The highest BCUT2D eigenvalue weighted by atomic mass is 79.9. The zero-order valence-electron chi connectivity index (χ0n) is 10.9. The van der Waals surface area contributed by atoms with E-state index in [1.165, 1.54) is 15.6 Å². The normalized spacial score (nSPS) is 12.8. The van der Waals surface area contributed by atoms with Crippen molar-refractivity contribution >= 4 is 49.0 Å². The van der Waals surface area contributed by atoms with Crippen LogP contribution in [-0.2, 0) is 0 Å². The van der Waals surface area contributed by atoms with Gasteiger partial charge in [0, 0.05) is 14.2 Å². The topological polar surface area (TPSA) is 12.0 Å². The smallest absolute Gasteiger partial charge is 0.0600 e. The Morgan fingerprint density at radius 2 is 2.00 bits per heavy atom. The largest absolute Gasteiger partial charge is 0.309 e. The molecule has 1 heterocycles. The standard InChI is InChI=1S/C16H13BrClNS/c1-19-15(13-9-11(18)5-6-14(13)17)12-4-2-3-10-7-8-20-16(10)12/h2-9,15,19H,1H3. The van der Waals surface area contributed by atoms with Crippen LogP contribution in [0.5, 0.6) is 0 Å². The van der Waals surface area contributed by atoms with Crippen molar-refractivity contribution in [3.8, 4) is 0 Å². The molecule has 102 valence electrons. The van der Waals surface area contributed by atoms with E-state index in [2.05, 4.69) is 50.9 Å². The Hall–Kier alpha value is -0.870. The highest BCUT2D eigenvalue weighted by Gasteiger charge is 2.18. The highest BCUT2D eigenvalue weighted by Crippen LogP contribution is 2.35. The molecule has 1 aromatic heterocycles. The number of nitrogens with one attached hydrogen (secondary N) is 1. The van der Waals surface area contributed by atoms with E-state index in [-0.39, 0.29) is 6.04 Å². The molecule has 1 atom stereocenters. The van der Waals surface area contributed by atoms with Gasteiger partial charge in [0.2, 0.25) is 0 Å². The Kier molecular flexibility index (Phi) is 4.13. The van der Waals surface area contributed by atoms with Crippen LogP contribution in [0.15, 0.2) is 52.3 Å². The predicted octanol–water partition coefficient (Wildman–Crippen LogP) is 5.63. The summed E-state index contributed by atoms with van der Waals surface area (Å²) >= 11 is 11.6. The summed E-state index contributed by atoms with van der Waals surface area (Å²) in [5.41, 5.74) is 2.43. The van der Waals surface area contributed by atoms with Gasteiger partial charge in [-0.1, -0.05) is 45.7 Å². The van der Waals surface area contributed by atoms with Gasteiger partial charge in [0.25, 0.3) is 0 Å². The van der Waals surface area contributed by atoms with Gasteiger partial charge in [0.15, 0.2) is 0 Å². The lowest BCUT2D eigenvalue weighted by Gasteiger charge is -2.20. The molecule has 3 aromatic rings. The lowest BCUT2D eigenvalue weighted by molar-refractivity contribution is 0.695. The molecule has 2 aromatic carbocycles. The van der Waals surface area contributed by atoms with Gasteiger partial charge in [0.1, 0.15) is 0 Å². The van der Waals surface area contributed by atoms with Crippen molar-refractivity contribution in [2.45, 2.75) is 6.04 Å². The van der Waals surface area contributed by atoms with E-state index in [1.807, 2.05) is 25.2 Å². The molecule has 0 spiro atoms. The molecule has 4 heteroatoms. The summed E-state index contributed by atoms with van der Waals surface area (Å²) in [4.78, 5) is 0. The minimum absolute atomic E-state index is 0.116. The Morgan fingerprint density at radius 3 is 2.80 bits per heavy atom. The second kappa shape index (κ2) is 5.86. The molecule has 20 heavy (non-hydrogen) atoms. The summed E-state index contributed by atoms with van der Waals surface area (Å²) in [6.07, 6.45) is 0. The Labute approximate surface area is 135 Å². The molecule has 3 rings (SSSR count). The lowest BCUT2D eigenvalue weighted by Crippen LogP contribution is -2.18. The minimum atomic E-state index is 0.116. The van der Waals surface area contributed by atoms with E-state index < -0.39 is 0 Å². The second-order valence-corrected chi connectivity index (χ2v) is 6.78. The van der Waals surface area contributed by atoms with Crippen LogP contribution in [0.2, 0.25) is 5.02 Å². The summed E-state index contributed by atoms with van der Waals surface area (Å²) in [5.74, 6) is 0. The van der Waals surface area contributed by atoms with Gasteiger partial charge in [-0.05, 0) is 53.2 Å². The molecule has 1 nitrogen and oxygen atoms in total. The molecule has 0 fully saturated rings. The molecule has 0 radical (unpaired) electrons. The number of hydrogen-bond donors (Lipinski definition) is 1. The molecule has 0 saturated heterocycles. The second-order valence-electron chi connectivity index (χ2n) is 4.57. The van der Waals surface area contributed by atoms with Crippen LogP contribution in [0, 0.1) is 0 Å². The number of halogens is 2. The van der Waals surface area contributed by atoms with Crippen molar-refractivity contribution in [3.63, 3.8) is 0 Å². The first-order valence-electron chi connectivity index (χ1n) is 6.29. The van der Waals surface area contributed by atoms with Gasteiger partial charge in [-0.2, -0.15) is 0 Å². The quantitative estimate of drug-likeness (QED) is 0.634. The van der Waals surface area contributed by atoms with Gasteiger partial charge < -0.3 is 5.32 Å². The first-order chi connectivity index (χ1) is 9.70. The van der Waals surface area contributed by atoms with Crippen LogP contribution in [0.3, 0.4) is 0 Å². The Balaban J connectivity index is 2.19. The van der Waals surface area contributed by atoms with Crippen molar-refractivity contribution in [2.75, 3.05) is 7.05 Å². The molecule has 1 unspecified atom stereocenters. The van der Waals surface area contributed by atoms with Gasteiger partial charge in [-0.25, -0.2) is 0 Å². The molecular formula is C16H13BrClNS. The zero-order valence-corrected chi connectivity index (χ0v) is 14.0. The van der Waals surface area contributed by atoms with Crippen molar-refractivity contribution in [1.29, 1.82) is 0 Å². The third-order valence-corrected chi connectivity index (χ3v) is 5.31. The van der Waals surface area contributed by atoms with Gasteiger partial charge in [-0.3, -0.25) is 0 Å². The van der Waals surface area contributed by atoms with Crippen molar-refractivity contribution in [1.82, 2.24) is 5.32 Å². The number of hydrogen-bond acceptors (Lipinski definition) is 2. The van der Waals surface area contributed by atoms with Crippen LogP contribution < -0.4 is 5.32 Å². The summed E-state index contributed by atoms with van der Waals surface area (Å²) in [6, 6.07) is 14.6. The lowest BCUT2D eigenvalue weighted by atomic mass is 9.98. The SMILES string of the molecule is CNC(c1cc(Cl)ccc1Br)c1cccc2ccsc12. The molecule has 0 saturated carbocycles. The third-order valence-electron chi connectivity index (χ3n) is 3.38. The minimum Gasteiger partial charge on any atom is -0.309 e. The molecule has 0 aliphatic rings. The molecule has 0 bridgehead atoms. The zero-order chi connectivity index (χ0) is 14.1. The number of benzene rings is 2. The van der Waals surface area contributed by atoms with Crippen LogP contribution in [-0.4, -0.2) is 7.05 Å². The van der Waals surface area contributed by atoms with Crippen LogP contribution >= 0.6 is 38.9 Å².